The lowest BCUT2D eigenvalue weighted by Gasteiger charge is -2.03. The molecule has 2 nitrogen and oxygen atoms in total. The Bertz CT molecular complexity index is 303. The Labute approximate surface area is 80.7 Å². The molecule has 2 heterocycles. The average molecular weight is 201 g/mol. The molecular weight excluding hydrogens is 192 g/mol. The second kappa shape index (κ2) is 3.15. The first-order valence-corrected chi connectivity index (χ1v) is 5.15. The molecule has 2 rings (SSSR count). The molecule has 64 valence electrons. The molecule has 0 bridgehead atoms. The largest absolute Gasteiger partial charge is 0.371 e. The fourth-order valence-electron chi connectivity index (χ4n) is 1.14. The number of nitrogens with one attached hydrogen (secondary N) is 1. The molecule has 0 fully saturated rings. The fourth-order valence-corrected chi connectivity index (χ4v) is 2.37. The third kappa shape index (κ3) is 1.39. The van der Waals surface area contributed by atoms with Crippen molar-refractivity contribution in [3.8, 4) is 0 Å². The lowest BCUT2D eigenvalue weighted by molar-refractivity contribution is 0.931. The normalized spacial score (nSPS) is 20.3. The molecule has 1 unspecified atom stereocenters. The Morgan fingerprint density at radius 2 is 2.50 bits per heavy atom. The Morgan fingerprint density at radius 1 is 1.67 bits per heavy atom. The van der Waals surface area contributed by atoms with Gasteiger partial charge in [0.15, 0.2) is 0 Å². The Morgan fingerprint density at radius 3 is 3.25 bits per heavy atom. The van der Waals surface area contributed by atoms with Crippen LogP contribution in [0.5, 0.6) is 0 Å². The van der Waals surface area contributed by atoms with Gasteiger partial charge in [-0.1, -0.05) is 30.3 Å². The predicted molar refractivity (Wildman–Crippen MR) is 52.8 cm³/mol. The molecule has 0 saturated carbocycles. The van der Waals surface area contributed by atoms with Crippen LogP contribution in [0.2, 0.25) is 5.15 Å². The minimum Gasteiger partial charge on any atom is -0.371 e. The molecule has 0 aliphatic carbocycles. The van der Waals surface area contributed by atoms with Crippen LogP contribution in [0.4, 0.5) is 5.69 Å². The van der Waals surface area contributed by atoms with E-state index < -0.39 is 0 Å². The van der Waals surface area contributed by atoms with Crippen LogP contribution >= 0.6 is 23.4 Å². The van der Waals surface area contributed by atoms with Gasteiger partial charge in [0.2, 0.25) is 0 Å². The van der Waals surface area contributed by atoms with Gasteiger partial charge >= 0.3 is 0 Å². The van der Waals surface area contributed by atoms with E-state index in [9.17, 15) is 0 Å². The van der Waals surface area contributed by atoms with E-state index in [1.165, 1.54) is 0 Å². The third-order valence-electron chi connectivity index (χ3n) is 1.77. The van der Waals surface area contributed by atoms with Crippen molar-refractivity contribution in [2.24, 2.45) is 0 Å². The van der Waals surface area contributed by atoms with Crippen molar-refractivity contribution in [3.63, 3.8) is 0 Å². The van der Waals surface area contributed by atoms with Gasteiger partial charge in [0, 0.05) is 0 Å². The summed E-state index contributed by atoms with van der Waals surface area (Å²) in [7, 11) is 0. The molecule has 12 heavy (non-hydrogen) atoms. The van der Waals surface area contributed by atoms with Crippen LogP contribution in [0.1, 0.15) is 13.3 Å². The van der Waals surface area contributed by atoms with Crippen molar-refractivity contribution in [3.05, 3.63) is 17.3 Å². The number of hydrogen-bond donors (Lipinski definition) is 1. The van der Waals surface area contributed by atoms with Gasteiger partial charge in [-0.25, -0.2) is 4.98 Å². The number of halogens is 1. The zero-order valence-electron chi connectivity index (χ0n) is 6.67. The summed E-state index contributed by atoms with van der Waals surface area (Å²) in [4.78, 5) is 4.22. The SMILES string of the molecule is CCC1Nc2ccc(Cl)nc2S1. The van der Waals surface area contributed by atoms with Crippen LogP contribution in [0.25, 0.3) is 0 Å². The molecule has 4 heteroatoms. The van der Waals surface area contributed by atoms with Crippen LogP contribution in [0.15, 0.2) is 17.2 Å². The number of anilines is 1. The van der Waals surface area contributed by atoms with E-state index in [0.717, 1.165) is 17.1 Å². The van der Waals surface area contributed by atoms with E-state index in [0.29, 0.717) is 10.5 Å². The van der Waals surface area contributed by atoms with Gasteiger partial charge in [-0.3, -0.25) is 0 Å². The van der Waals surface area contributed by atoms with Gasteiger partial charge in [0.05, 0.1) is 11.1 Å². The van der Waals surface area contributed by atoms with Crippen LogP contribution in [-0.2, 0) is 0 Å². The number of rotatable bonds is 1. The number of pyridine rings is 1. The van der Waals surface area contributed by atoms with Crippen molar-refractivity contribution in [1.29, 1.82) is 0 Å². The van der Waals surface area contributed by atoms with Crippen LogP contribution < -0.4 is 5.32 Å². The quantitative estimate of drug-likeness (QED) is 0.706. The minimum absolute atomic E-state index is 0.464. The van der Waals surface area contributed by atoms with Gasteiger partial charge in [-0.15, -0.1) is 0 Å². The van der Waals surface area contributed by atoms with Gasteiger partial charge in [0.1, 0.15) is 10.2 Å². The summed E-state index contributed by atoms with van der Waals surface area (Å²) >= 11 is 7.51. The first-order chi connectivity index (χ1) is 5.79. The highest BCUT2D eigenvalue weighted by Crippen LogP contribution is 2.38. The summed E-state index contributed by atoms with van der Waals surface area (Å²) in [6.45, 7) is 2.15. The topological polar surface area (TPSA) is 24.9 Å². The molecule has 1 aromatic heterocycles. The molecule has 0 spiro atoms. The number of nitrogens with zero attached hydrogens (tertiary/aromatic N) is 1. The number of hydrogen-bond acceptors (Lipinski definition) is 3. The van der Waals surface area contributed by atoms with Crippen molar-refractivity contribution in [2.75, 3.05) is 5.32 Å². The van der Waals surface area contributed by atoms with E-state index in [1.54, 1.807) is 11.8 Å². The maximum atomic E-state index is 5.76. The standard InChI is InChI=1S/C8H9ClN2S/c1-2-7-10-5-3-4-6(9)11-8(5)12-7/h3-4,7,10H,2H2,1H3. The minimum atomic E-state index is 0.464. The summed E-state index contributed by atoms with van der Waals surface area (Å²) in [5.74, 6) is 0. The Kier molecular flexibility index (Phi) is 2.15. The van der Waals surface area contributed by atoms with E-state index in [4.69, 9.17) is 11.6 Å². The molecule has 0 radical (unpaired) electrons. The predicted octanol–water partition coefficient (Wildman–Crippen LogP) is 2.99. The number of aromatic nitrogens is 1. The monoisotopic (exact) mass is 200 g/mol. The van der Waals surface area contributed by atoms with Crippen LogP contribution in [-0.4, -0.2) is 10.4 Å². The molecule has 0 amide bonds. The van der Waals surface area contributed by atoms with Gasteiger partial charge in [0.25, 0.3) is 0 Å². The van der Waals surface area contributed by atoms with Crippen molar-refractivity contribution in [2.45, 2.75) is 23.7 Å². The molecule has 1 atom stereocenters. The van der Waals surface area contributed by atoms with E-state index in [1.807, 2.05) is 12.1 Å². The molecule has 1 aliphatic heterocycles. The van der Waals surface area contributed by atoms with Gasteiger partial charge < -0.3 is 5.32 Å². The Hall–Kier alpha value is -0.410. The highest BCUT2D eigenvalue weighted by atomic mass is 35.5. The van der Waals surface area contributed by atoms with Crippen molar-refractivity contribution >= 4 is 29.1 Å². The van der Waals surface area contributed by atoms with E-state index in [-0.39, 0.29) is 0 Å². The first kappa shape index (κ1) is 8.20. The zero-order valence-corrected chi connectivity index (χ0v) is 8.25. The molecular formula is C8H9ClN2S. The Balaban J connectivity index is 2.30. The number of thioether (sulfide) groups is 1. The lowest BCUT2D eigenvalue weighted by Crippen LogP contribution is -2.06. The summed E-state index contributed by atoms with van der Waals surface area (Å²) in [5, 5.41) is 5.41. The summed E-state index contributed by atoms with van der Waals surface area (Å²) < 4.78 is 0. The maximum absolute atomic E-state index is 5.76. The lowest BCUT2D eigenvalue weighted by atomic mass is 10.4. The summed E-state index contributed by atoms with van der Waals surface area (Å²) in [5.41, 5.74) is 1.11. The third-order valence-corrected chi connectivity index (χ3v) is 3.25. The van der Waals surface area contributed by atoms with Gasteiger partial charge in [-0.05, 0) is 18.6 Å². The van der Waals surface area contributed by atoms with E-state index in [2.05, 4.69) is 17.2 Å². The average Bonchev–Trinajstić information content (AvgIpc) is 2.46. The van der Waals surface area contributed by atoms with Crippen LogP contribution in [0.3, 0.4) is 0 Å². The van der Waals surface area contributed by atoms with E-state index >= 15 is 0 Å². The second-order valence-corrected chi connectivity index (χ2v) is 4.22. The van der Waals surface area contributed by atoms with Gasteiger partial charge in [-0.2, -0.15) is 0 Å². The molecule has 0 saturated heterocycles. The molecule has 0 aromatic carbocycles. The molecule has 1 aliphatic rings. The van der Waals surface area contributed by atoms with Crippen molar-refractivity contribution < 1.29 is 0 Å². The second-order valence-electron chi connectivity index (χ2n) is 2.65. The summed E-state index contributed by atoms with van der Waals surface area (Å²) in [6.07, 6.45) is 1.10. The number of fused-ring (bicyclic) bond motifs is 1. The summed E-state index contributed by atoms with van der Waals surface area (Å²) in [6, 6.07) is 3.79. The fraction of sp³-hybridized carbons (Fsp3) is 0.375. The molecule has 1 N–H and O–H groups in total. The highest BCUT2D eigenvalue weighted by molar-refractivity contribution is 8.00. The van der Waals surface area contributed by atoms with Crippen LogP contribution in [0, 0.1) is 0 Å². The maximum Gasteiger partial charge on any atom is 0.130 e. The molecule has 1 aromatic rings. The smallest absolute Gasteiger partial charge is 0.130 e. The highest BCUT2D eigenvalue weighted by Gasteiger charge is 2.20. The van der Waals surface area contributed by atoms with Crippen molar-refractivity contribution in [1.82, 2.24) is 4.98 Å². The first-order valence-electron chi connectivity index (χ1n) is 3.89. The zero-order chi connectivity index (χ0) is 8.55.